The zero-order valence-electron chi connectivity index (χ0n) is 8.69. The largest absolute Gasteiger partial charge is 0.518 e. The van der Waals surface area contributed by atoms with Gasteiger partial charge >= 0.3 is 8.56 Å². The van der Waals surface area contributed by atoms with Crippen LogP contribution in [0.15, 0.2) is 42.6 Å². The Morgan fingerprint density at radius 1 is 1.36 bits per heavy atom. The molecule has 0 aliphatic rings. The SMILES string of the molecule is C=C[Si](C)(OCC)Oc1ccccc1. The summed E-state index contributed by atoms with van der Waals surface area (Å²) in [5.74, 6) is 0.843. The highest BCUT2D eigenvalue weighted by Gasteiger charge is 2.28. The van der Waals surface area contributed by atoms with Crippen molar-refractivity contribution in [1.82, 2.24) is 0 Å². The van der Waals surface area contributed by atoms with Crippen molar-refractivity contribution in [3.63, 3.8) is 0 Å². The molecular weight excluding hydrogens is 192 g/mol. The van der Waals surface area contributed by atoms with E-state index in [1.165, 1.54) is 0 Å². The van der Waals surface area contributed by atoms with Gasteiger partial charge in [-0.25, -0.2) is 0 Å². The Morgan fingerprint density at radius 2 is 2.00 bits per heavy atom. The monoisotopic (exact) mass is 208 g/mol. The second-order valence-electron chi connectivity index (χ2n) is 3.07. The second-order valence-corrected chi connectivity index (χ2v) is 6.00. The highest BCUT2D eigenvalue weighted by molar-refractivity contribution is 6.71. The minimum atomic E-state index is -2.20. The molecule has 1 rings (SSSR count). The Hall–Kier alpha value is -1.06. The van der Waals surface area contributed by atoms with E-state index >= 15 is 0 Å². The van der Waals surface area contributed by atoms with Crippen LogP contribution in [0.5, 0.6) is 5.75 Å². The van der Waals surface area contributed by atoms with Crippen LogP contribution < -0.4 is 4.43 Å². The van der Waals surface area contributed by atoms with Crippen molar-refractivity contribution in [1.29, 1.82) is 0 Å². The van der Waals surface area contributed by atoms with Gasteiger partial charge in [-0.2, -0.15) is 0 Å². The Bertz CT molecular complexity index is 287. The molecule has 0 N–H and O–H groups in total. The molecule has 0 aromatic heterocycles. The predicted octanol–water partition coefficient (Wildman–Crippen LogP) is 2.90. The summed E-state index contributed by atoms with van der Waals surface area (Å²) in [5.41, 5.74) is 1.80. The van der Waals surface area contributed by atoms with E-state index < -0.39 is 8.56 Å². The molecule has 0 aliphatic heterocycles. The third kappa shape index (κ3) is 3.01. The van der Waals surface area contributed by atoms with E-state index in [4.69, 9.17) is 8.85 Å². The Morgan fingerprint density at radius 3 is 2.50 bits per heavy atom. The Kier molecular flexibility index (Phi) is 3.92. The minimum absolute atomic E-state index is 0.654. The molecular formula is C11H16O2Si. The number of hydrogen-bond acceptors (Lipinski definition) is 2. The summed E-state index contributed by atoms with van der Waals surface area (Å²) in [5, 5.41) is 0. The van der Waals surface area contributed by atoms with Crippen molar-refractivity contribution in [3.8, 4) is 5.75 Å². The third-order valence-corrected chi connectivity index (χ3v) is 4.11. The molecule has 1 aromatic carbocycles. The zero-order valence-corrected chi connectivity index (χ0v) is 9.69. The van der Waals surface area contributed by atoms with Gasteiger partial charge in [-0.15, -0.1) is 6.58 Å². The molecule has 0 fully saturated rings. The first kappa shape index (κ1) is 11.0. The van der Waals surface area contributed by atoms with Gasteiger partial charge in [0.2, 0.25) is 0 Å². The van der Waals surface area contributed by atoms with Crippen LogP contribution in [-0.2, 0) is 4.43 Å². The van der Waals surface area contributed by atoms with Gasteiger partial charge in [0, 0.05) is 6.61 Å². The molecule has 0 amide bonds. The van der Waals surface area contributed by atoms with Crippen LogP contribution in [0.2, 0.25) is 6.55 Å². The van der Waals surface area contributed by atoms with Crippen LogP contribution in [0.4, 0.5) is 0 Å². The normalized spacial score (nSPS) is 14.4. The smallest absolute Gasteiger partial charge is 0.422 e. The highest BCUT2D eigenvalue weighted by Crippen LogP contribution is 2.16. The lowest BCUT2D eigenvalue weighted by Crippen LogP contribution is -2.40. The number of benzene rings is 1. The van der Waals surface area contributed by atoms with Crippen molar-refractivity contribution in [2.45, 2.75) is 13.5 Å². The van der Waals surface area contributed by atoms with E-state index in [0.717, 1.165) is 5.75 Å². The van der Waals surface area contributed by atoms with E-state index in [2.05, 4.69) is 6.58 Å². The molecule has 0 spiro atoms. The summed E-state index contributed by atoms with van der Waals surface area (Å²) in [7, 11) is -2.20. The average molecular weight is 208 g/mol. The van der Waals surface area contributed by atoms with Gasteiger partial charge < -0.3 is 8.85 Å². The van der Waals surface area contributed by atoms with E-state index in [0.29, 0.717) is 6.61 Å². The van der Waals surface area contributed by atoms with Gasteiger partial charge in [-0.1, -0.05) is 18.2 Å². The molecule has 1 unspecified atom stereocenters. The van der Waals surface area contributed by atoms with Crippen molar-refractivity contribution < 1.29 is 8.85 Å². The summed E-state index contributed by atoms with van der Waals surface area (Å²) in [6, 6.07) is 9.69. The van der Waals surface area contributed by atoms with E-state index in [1.807, 2.05) is 43.8 Å². The summed E-state index contributed by atoms with van der Waals surface area (Å²) in [4.78, 5) is 0. The summed E-state index contributed by atoms with van der Waals surface area (Å²) >= 11 is 0. The van der Waals surface area contributed by atoms with Crippen molar-refractivity contribution in [2.24, 2.45) is 0 Å². The first-order valence-corrected chi connectivity index (χ1v) is 7.11. The lowest BCUT2D eigenvalue weighted by molar-refractivity contribution is 0.269. The van der Waals surface area contributed by atoms with Crippen LogP contribution in [0.1, 0.15) is 6.92 Å². The molecule has 0 saturated heterocycles. The van der Waals surface area contributed by atoms with Gasteiger partial charge in [0.05, 0.1) is 0 Å². The summed E-state index contributed by atoms with van der Waals surface area (Å²) in [6.07, 6.45) is 0. The number of para-hydroxylation sites is 1. The molecule has 0 heterocycles. The fourth-order valence-corrected chi connectivity index (χ4v) is 2.58. The minimum Gasteiger partial charge on any atom is -0.518 e. The molecule has 14 heavy (non-hydrogen) atoms. The fourth-order valence-electron chi connectivity index (χ4n) is 1.14. The van der Waals surface area contributed by atoms with E-state index in [1.54, 1.807) is 5.70 Å². The standard InChI is InChI=1S/C11H16O2Si/c1-4-12-14(3,5-2)13-11-9-7-6-8-10-11/h5-10H,2,4H2,1,3H3. The molecule has 1 aromatic rings. The molecule has 76 valence electrons. The first-order valence-electron chi connectivity index (χ1n) is 4.72. The number of hydrogen-bond donors (Lipinski definition) is 0. The summed E-state index contributed by atoms with van der Waals surface area (Å²) < 4.78 is 11.4. The molecule has 3 heteroatoms. The first-order chi connectivity index (χ1) is 6.70. The maximum Gasteiger partial charge on any atom is 0.422 e. The van der Waals surface area contributed by atoms with Crippen molar-refractivity contribution >= 4 is 8.56 Å². The zero-order chi connectivity index (χ0) is 10.4. The Labute approximate surface area is 86.4 Å². The van der Waals surface area contributed by atoms with Gasteiger partial charge in [-0.05, 0) is 31.3 Å². The fraction of sp³-hybridized carbons (Fsp3) is 0.273. The number of rotatable bonds is 5. The average Bonchev–Trinajstić information content (AvgIpc) is 2.20. The van der Waals surface area contributed by atoms with Gasteiger partial charge in [0.15, 0.2) is 0 Å². The topological polar surface area (TPSA) is 18.5 Å². The second kappa shape index (κ2) is 4.98. The van der Waals surface area contributed by atoms with Gasteiger partial charge in [0.25, 0.3) is 0 Å². The van der Waals surface area contributed by atoms with Crippen LogP contribution >= 0.6 is 0 Å². The lowest BCUT2D eigenvalue weighted by Gasteiger charge is -2.23. The molecule has 0 radical (unpaired) electrons. The maximum absolute atomic E-state index is 5.79. The molecule has 0 bridgehead atoms. The van der Waals surface area contributed by atoms with Crippen LogP contribution in [0.25, 0.3) is 0 Å². The van der Waals surface area contributed by atoms with Crippen molar-refractivity contribution in [2.75, 3.05) is 6.61 Å². The maximum atomic E-state index is 5.79. The third-order valence-electron chi connectivity index (χ3n) is 1.87. The van der Waals surface area contributed by atoms with E-state index in [-0.39, 0.29) is 0 Å². The molecule has 0 aliphatic carbocycles. The molecule has 0 saturated carbocycles. The Balaban J connectivity index is 2.70. The predicted molar refractivity (Wildman–Crippen MR) is 60.5 cm³/mol. The van der Waals surface area contributed by atoms with Gasteiger partial charge in [-0.3, -0.25) is 0 Å². The lowest BCUT2D eigenvalue weighted by atomic mass is 10.3. The van der Waals surface area contributed by atoms with Crippen LogP contribution in [0, 0.1) is 0 Å². The highest BCUT2D eigenvalue weighted by atomic mass is 28.4. The van der Waals surface area contributed by atoms with Gasteiger partial charge in [0.1, 0.15) is 5.75 Å². The van der Waals surface area contributed by atoms with Crippen molar-refractivity contribution in [3.05, 3.63) is 42.6 Å². The molecule has 1 atom stereocenters. The summed E-state index contributed by atoms with van der Waals surface area (Å²) in [6.45, 7) is 8.36. The van der Waals surface area contributed by atoms with Crippen LogP contribution in [-0.4, -0.2) is 15.2 Å². The van der Waals surface area contributed by atoms with E-state index in [9.17, 15) is 0 Å². The quantitative estimate of drug-likeness (QED) is 0.693. The molecule has 2 nitrogen and oxygen atoms in total. The van der Waals surface area contributed by atoms with Crippen LogP contribution in [0.3, 0.4) is 0 Å².